The lowest BCUT2D eigenvalue weighted by Gasteiger charge is -2.40. The van der Waals surface area contributed by atoms with Gasteiger partial charge >= 0.3 is 0 Å². The summed E-state index contributed by atoms with van der Waals surface area (Å²) in [7, 11) is -3.66. The highest BCUT2D eigenvalue weighted by Gasteiger charge is 2.39. The molecule has 0 unspecified atom stereocenters. The van der Waals surface area contributed by atoms with Gasteiger partial charge in [0.05, 0.1) is 24.7 Å². The summed E-state index contributed by atoms with van der Waals surface area (Å²) in [5.41, 5.74) is 0.903. The van der Waals surface area contributed by atoms with Crippen molar-refractivity contribution in [2.75, 3.05) is 19.8 Å². The number of hydrogen-bond donors (Lipinski definition) is 0. The lowest BCUT2D eigenvalue weighted by Crippen LogP contribution is -2.46. The van der Waals surface area contributed by atoms with E-state index in [2.05, 4.69) is 6.92 Å². The molecule has 0 amide bonds. The molecule has 0 spiro atoms. The van der Waals surface area contributed by atoms with Crippen molar-refractivity contribution in [3.8, 4) is 0 Å². The molecule has 1 heterocycles. The SMILES string of the molecule is CCCC1(COS(=O)(=O)c2ccc(C)cc2)COC1. The van der Waals surface area contributed by atoms with Crippen LogP contribution in [0.1, 0.15) is 25.3 Å². The zero-order valence-corrected chi connectivity index (χ0v) is 12.2. The molecule has 1 aliphatic heterocycles. The molecule has 0 aliphatic carbocycles. The van der Waals surface area contributed by atoms with E-state index >= 15 is 0 Å². The molecule has 4 nitrogen and oxygen atoms in total. The Morgan fingerprint density at radius 3 is 2.37 bits per heavy atom. The topological polar surface area (TPSA) is 52.6 Å². The zero-order valence-electron chi connectivity index (χ0n) is 11.4. The van der Waals surface area contributed by atoms with Gasteiger partial charge in [0, 0.05) is 5.41 Å². The van der Waals surface area contributed by atoms with Crippen molar-refractivity contribution in [2.24, 2.45) is 5.41 Å². The van der Waals surface area contributed by atoms with Crippen LogP contribution in [0.2, 0.25) is 0 Å². The molecule has 0 atom stereocenters. The average molecular weight is 284 g/mol. The van der Waals surface area contributed by atoms with E-state index < -0.39 is 10.1 Å². The smallest absolute Gasteiger partial charge is 0.296 e. The minimum atomic E-state index is -3.66. The molecule has 0 saturated carbocycles. The summed E-state index contributed by atoms with van der Waals surface area (Å²) in [6.45, 7) is 5.37. The van der Waals surface area contributed by atoms with Crippen LogP contribution in [0.4, 0.5) is 0 Å². The maximum atomic E-state index is 12.1. The fourth-order valence-corrected chi connectivity index (χ4v) is 3.21. The Kier molecular flexibility index (Phi) is 4.28. The Morgan fingerprint density at radius 2 is 1.89 bits per heavy atom. The van der Waals surface area contributed by atoms with Crippen LogP contribution in [0.15, 0.2) is 29.2 Å². The van der Waals surface area contributed by atoms with Crippen molar-refractivity contribution in [1.82, 2.24) is 0 Å². The number of ether oxygens (including phenoxy) is 1. The van der Waals surface area contributed by atoms with Crippen LogP contribution in [-0.4, -0.2) is 28.2 Å². The third-order valence-corrected chi connectivity index (χ3v) is 4.70. The summed E-state index contributed by atoms with van der Waals surface area (Å²) in [5, 5.41) is 0. The van der Waals surface area contributed by atoms with Gasteiger partial charge < -0.3 is 4.74 Å². The fraction of sp³-hybridized carbons (Fsp3) is 0.571. The summed E-state index contributed by atoms with van der Waals surface area (Å²) < 4.78 is 34.6. The Hall–Kier alpha value is -0.910. The number of benzene rings is 1. The number of aryl methyl sites for hydroxylation is 1. The molecule has 1 saturated heterocycles. The van der Waals surface area contributed by atoms with Gasteiger partial charge in [-0.15, -0.1) is 0 Å². The van der Waals surface area contributed by atoms with Crippen molar-refractivity contribution in [2.45, 2.75) is 31.6 Å². The van der Waals surface area contributed by atoms with E-state index in [0.717, 1.165) is 18.4 Å². The molecule has 0 radical (unpaired) electrons. The molecule has 1 fully saturated rings. The second kappa shape index (κ2) is 5.61. The molecule has 5 heteroatoms. The Morgan fingerprint density at radius 1 is 1.26 bits per heavy atom. The zero-order chi connectivity index (χ0) is 13.9. The molecule has 0 bridgehead atoms. The van der Waals surface area contributed by atoms with E-state index in [1.807, 2.05) is 6.92 Å². The number of hydrogen-bond acceptors (Lipinski definition) is 4. The van der Waals surface area contributed by atoms with Crippen LogP contribution in [0.3, 0.4) is 0 Å². The van der Waals surface area contributed by atoms with Gasteiger partial charge in [0.1, 0.15) is 0 Å². The largest absolute Gasteiger partial charge is 0.380 e. The molecule has 106 valence electrons. The molecule has 1 aromatic carbocycles. The van der Waals surface area contributed by atoms with Crippen molar-refractivity contribution in [3.05, 3.63) is 29.8 Å². The second-order valence-corrected chi connectivity index (χ2v) is 6.89. The minimum Gasteiger partial charge on any atom is -0.380 e. The monoisotopic (exact) mass is 284 g/mol. The summed E-state index contributed by atoms with van der Waals surface area (Å²) in [5.74, 6) is 0. The Bertz CT molecular complexity index is 515. The summed E-state index contributed by atoms with van der Waals surface area (Å²) in [4.78, 5) is 0.213. The van der Waals surface area contributed by atoms with Crippen LogP contribution in [-0.2, 0) is 19.0 Å². The first-order valence-corrected chi connectivity index (χ1v) is 7.92. The Balaban J connectivity index is 2.03. The first kappa shape index (κ1) is 14.5. The van der Waals surface area contributed by atoms with Crippen molar-refractivity contribution in [3.63, 3.8) is 0 Å². The molecule has 1 aromatic rings. The van der Waals surface area contributed by atoms with Crippen LogP contribution >= 0.6 is 0 Å². The van der Waals surface area contributed by atoms with Crippen LogP contribution in [0.25, 0.3) is 0 Å². The predicted octanol–water partition coefficient (Wildman–Crippen LogP) is 2.52. The van der Waals surface area contributed by atoms with Gasteiger partial charge in [0.2, 0.25) is 0 Å². The van der Waals surface area contributed by atoms with E-state index in [4.69, 9.17) is 8.92 Å². The molecule has 2 rings (SSSR count). The van der Waals surface area contributed by atoms with E-state index in [9.17, 15) is 8.42 Å². The molecule has 0 N–H and O–H groups in total. The fourth-order valence-electron chi connectivity index (χ4n) is 2.20. The summed E-state index contributed by atoms with van der Waals surface area (Å²) in [6.07, 6.45) is 1.92. The maximum Gasteiger partial charge on any atom is 0.296 e. The van der Waals surface area contributed by atoms with Gasteiger partial charge in [-0.1, -0.05) is 31.0 Å². The van der Waals surface area contributed by atoms with Crippen LogP contribution < -0.4 is 0 Å². The Labute approximate surface area is 114 Å². The van der Waals surface area contributed by atoms with E-state index in [1.54, 1.807) is 24.3 Å². The van der Waals surface area contributed by atoms with E-state index in [0.29, 0.717) is 13.2 Å². The molecule has 19 heavy (non-hydrogen) atoms. The van der Waals surface area contributed by atoms with Crippen LogP contribution in [0.5, 0.6) is 0 Å². The van der Waals surface area contributed by atoms with Gasteiger partial charge in [-0.2, -0.15) is 8.42 Å². The quantitative estimate of drug-likeness (QED) is 0.753. The highest BCUT2D eigenvalue weighted by molar-refractivity contribution is 7.86. The maximum absolute atomic E-state index is 12.1. The standard InChI is InChI=1S/C14H20O4S/c1-3-8-14(9-17-10-14)11-18-19(15,16)13-6-4-12(2)5-7-13/h4-7H,3,8-11H2,1-2H3. The van der Waals surface area contributed by atoms with Gasteiger partial charge in [0.25, 0.3) is 10.1 Å². The van der Waals surface area contributed by atoms with Crippen molar-refractivity contribution < 1.29 is 17.3 Å². The average Bonchev–Trinajstić information content (AvgIpc) is 2.33. The lowest BCUT2D eigenvalue weighted by atomic mass is 9.82. The predicted molar refractivity (Wildman–Crippen MR) is 72.5 cm³/mol. The first-order valence-electron chi connectivity index (χ1n) is 6.51. The van der Waals surface area contributed by atoms with Gasteiger partial charge in [0.15, 0.2) is 0 Å². The van der Waals surface area contributed by atoms with Crippen molar-refractivity contribution >= 4 is 10.1 Å². The molecule has 0 aromatic heterocycles. The molecular formula is C14H20O4S. The number of rotatable bonds is 6. The summed E-state index contributed by atoms with van der Waals surface area (Å²) in [6, 6.07) is 6.69. The highest BCUT2D eigenvalue weighted by Crippen LogP contribution is 2.34. The third-order valence-electron chi connectivity index (χ3n) is 3.43. The summed E-state index contributed by atoms with van der Waals surface area (Å²) >= 11 is 0. The van der Waals surface area contributed by atoms with Crippen LogP contribution in [0, 0.1) is 12.3 Å². The van der Waals surface area contributed by atoms with E-state index in [1.165, 1.54) is 0 Å². The normalized spacial score (nSPS) is 18.0. The van der Waals surface area contributed by atoms with Gasteiger partial charge in [-0.25, -0.2) is 0 Å². The van der Waals surface area contributed by atoms with Gasteiger partial charge in [-0.3, -0.25) is 4.18 Å². The highest BCUT2D eigenvalue weighted by atomic mass is 32.2. The molecule has 1 aliphatic rings. The van der Waals surface area contributed by atoms with E-state index in [-0.39, 0.29) is 16.9 Å². The second-order valence-electron chi connectivity index (χ2n) is 5.27. The van der Waals surface area contributed by atoms with Gasteiger partial charge in [-0.05, 0) is 25.5 Å². The minimum absolute atomic E-state index is 0.119. The molecular weight excluding hydrogens is 264 g/mol. The van der Waals surface area contributed by atoms with Crippen molar-refractivity contribution in [1.29, 1.82) is 0 Å². The first-order chi connectivity index (χ1) is 8.97. The third kappa shape index (κ3) is 3.35. The lowest BCUT2D eigenvalue weighted by molar-refractivity contribution is -0.135.